The van der Waals surface area contributed by atoms with E-state index in [-0.39, 0.29) is 0 Å². The molecule has 1 aromatic rings. The number of nitrogens with zero attached hydrogens (tertiary/aromatic N) is 2. The van der Waals surface area contributed by atoms with Gasteiger partial charge < -0.3 is 0 Å². The lowest BCUT2D eigenvalue weighted by Gasteiger charge is -1.93. The maximum absolute atomic E-state index is 12.6. The Balaban J connectivity index is 3.18. The molecule has 0 aromatic carbocycles. The zero-order valence-corrected chi connectivity index (χ0v) is 5.62. The van der Waals surface area contributed by atoms with Gasteiger partial charge in [0.1, 0.15) is 5.82 Å². The molecule has 1 rings (SSSR count). The number of aromatic nitrogens is 1. The summed E-state index contributed by atoms with van der Waals surface area (Å²) in [4.78, 5) is 23.1. The van der Waals surface area contributed by atoms with Crippen molar-refractivity contribution < 1.29 is 13.6 Å². The van der Waals surface area contributed by atoms with E-state index in [2.05, 4.69) is 4.98 Å². The summed E-state index contributed by atoms with van der Waals surface area (Å²) in [6.07, 6.45) is 0.626. The second-order valence-electron chi connectivity index (χ2n) is 1.88. The number of carbonyl (C=O) groups excluding carboxylic acids is 1. The van der Waals surface area contributed by atoms with Crippen molar-refractivity contribution in [1.29, 1.82) is 0 Å². The molecule has 0 aliphatic heterocycles. The number of halogens is 2. The van der Waals surface area contributed by atoms with Crippen LogP contribution in [0.5, 0.6) is 0 Å². The van der Waals surface area contributed by atoms with Crippen LogP contribution in [0, 0.1) is 16.5 Å². The Morgan fingerprint density at radius 1 is 1.50 bits per heavy atom. The number of amides is 1. The van der Waals surface area contributed by atoms with Gasteiger partial charge in [-0.1, -0.05) is 0 Å². The van der Waals surface area contributed by atoms with Gasteiger partial charge in [0.15, 0.2) is 11.5 Å². The third-order valence-electron chi connectivity index (χ3n) is 1.09. The molecular formula is C6H2F2N2O2. The van der Waals surface area contributed by atoms with Crippen LogP contribution in [-0.2, 0) is 0 Å². The van der Waals surface area contributed by atoms with Gasteiger partial charge in [-0.25, -0.2) is 13.8 Å². The molecule has 0 radical (unpaired) electrons. The Morgan fingerprint density at radius 3 is 2.67 bits per heavy atom. The van der Waals surface area contributed by atoms with Crippen LogP contribution in [0.1, 0.15) is 10.5 Å². The zero-order valence-electron chi connectivity index (χ0n) is 5.62. The molecule has 0 saturated carbocycles. The highest BCUT2D eigenvalue weighted by molar-refractivity contribution is 5.92. The average Bonchev–Trinajstić information content (AvgIpc) is 2.03. The maximum atomic E-state index is 12.6. The number of nitroso groups, excluding NO2 is 1. The van der Waals surface area contributed by atoms with Crippen LogP contribution in [-0.4, -0.2) is 10.9 Å². The number of pyridine rings is 1. The molecule has 6 heteroatoms. The average molecular weight is 172 g/mol. The molecule has 1 amide bonds. The third kappa shape index (κ3) is 1.47. The van der Waals surface area contributed by atoms with Gasteiger partial charge >= 0.3 is 5.91 Å². The normalized spacial score (nSPS) is 9.50. The molecular weight excluding hydrogens is 170 g/mol. The van der Waals surface area contributed by atoms with Gasteiger partial charge in [-0.15, -0.1) is 4.91 Å². The van der Waals surface area contributed by atoms with Crippen LogP contribution in [0.4, 0.5) is 8.78 Å². The number of carbonyl (C=O) groups is 1. The van der Waals surface area contributed by atoms with Crippen molar-refractivity contribution in [3.05, 3.63) is 34.5 Å². The second-order valence-corrected chi connectivity index (χ2v) is 1.88. The first kappa shape index (κ1) is 8.38. The van der Waals surface area contributed by atoms with E-state index in [9.17, 15) is 18.5 Å². The Hall–Kier alpha value is -1.72. The summed E-state index contributed by atoms with van der Waals surface area (Å²) >= 11 is 0. The Labute approximate surface area is 65.2 Å². The molecule has 4 nitrogen and oxygen atoms in total. The van der Waals surface area contributed by atoms with Crippen LogP contribution in [0.2, 0.25) is 0 Å². The van der Waals surface area contributed by atoms with Crippen LogP contribution >= 0.6 is 0 Å². The van der Waals surface area contributed by atoms with Crippen LogP contribution < -0.4 is 0 Å². The van der Waals surface area contributed by atoms with E-state index in [0.717, 1.165) is 0 Å². The Kier molecular flexibility index (Phi) is 2.18. The highest BCUT2D eigenvalue weighted by atomic mass is 19.1. The van der Waals surface area contributed by atoms with Crippen molar-refractivity contribution in [3.8, 4) is 0 Å². The summed E-state index contributed by atoms with van der Waals surface area (Å²) < 4.78 is 24.8. The summed E-state index contributed by atoms with van der Waals surface area (Å²) in [5, 5.41) is 1.94. The van der Waals surface area contributed by atoms with Crippen molar-refractivity contribution in [1.82, 2.24) is 4.98 Å². The molecule has 0 atom stereocenters. The number of hydrogen-bond donors (Lipinski definition) is 0. The molecule has 0 unspecified atom stereocenters. The molecule has 0 saturated heterocycles. The highest BCUT2D eigenvalue weighted by Gasteiger charge is 2.14. The van der Waals surface area contributed by atoms with E-state index in [0.29, 0.717) is 12.3 Å². The molecule has 1 aromatic heterocycles. The van der Waals surface area contributed by atoms with Crippen LogP contribution in [0.25, 0.3) is 0 Å². The fourth-order valence-corrected chi connectivity index (χ4v) is 0.615. The molecule has 0 fully saturated rings. The molecule has 62 valence electrons. The molecule has 0 spiro atoms. The van der Waals surface area contributed by atoms with Crippen molar-refractivity contribution in [2.24, 2.45) is 5.18 Å². The molecule has 12 heavy (non-hydrogen) atoms. The smallest absolute Gasteiger partial charge is 0.261 e. The van der Waals surface area contributed by atoms with Crippen molar-refractivity contribution in [2.45, 2.75) is 0 Å². The lowest BCUT2D eigenvalue weighted by atomic mass is 10.3. The van der Waals surface area contributed by atoms with E-state index in [1.54, 1.807) is 0 Å². The predicted molar refractivity (Wildman–Crippen MR) is 34.3 cm³/mol. The Morgan fingerprint density at radius 2 is 2.17 bits per heavy atom. The van der Waals surface area contributed by atoms with E-state index in [4.69, 9.17) is 0 Å². The maximum Gasteiger partial charge on any atom is 0.338 e. The first-order chi connectivity index (χ1) is 5.65. The van der Waals surface area contributed by atoms with Gasteiger partial charge in [0.05, 0.1) is 6.20 Å². The van der Waals surface area contributed by atoms with E-state index < -0.39 is 23.2 Å². The van der Waals surface area contributed by atoms with Crippen molar-refractivity contribution >= 4 is 5.91 Å². The minimum absolute atomic E-state index is 0.450. The topological polar surface area (TPSA) is 59.4 Å². The number of hydrogen-bond acceptors (Lipinski definition) is 3. The zero-order chi connectivity index (χ0) is 9.14. The van der Waals surface area contributed by atoms with E-state index >= 15 is 0 Å². The fraction of sp³-hybridized carbons (Fsp3) is 0. The monoisotopic (exact) mass is 172 g/mol. The number of rotatable bonds is 1. The summed E-state index contributed by atoms with van der Waals surface area (Å²) in [5.41, 5.74) is -0.772. The van der Waals surface area contributed by atoms with Gasteiger partial charge in [0.25, 0.3) is 0 Å². The minimum Gasteiger partial charge on any atom is -0.261 e. The van der Waals surface area contributed by atoms with Gasteiger partial charge in [0, 0.05) is 11.2 Å². The van der Waals surface area contributed by atoms with Crippen LogP contribution in [0.15, 0.2) is 17.4 Å². The highest BCUT2D eigenvalue weighted by Crippen LogP contribution is 2.06. The van der Waals surface area contributed by atoms with E-state index in [1.165, 1.54) is 0 Å². The summed E-state index contributed by atoms with van der Waals surface area (Å²) in [7, 11) is 0. The summed E-state index contributed by atoms with van der Waals surface area (Å²) in [6.45, 7) is 0. The standard InChI is InChI=1S/C6H2F2N2O2/c7-3-1-4(8)5(9-2-3)6(11)10-12/h1-2H. The lowest BCUT2D eigenvalue weighted by molar-refractivity contribution is 0.0991. The van der Waals surface area contributed by atoms with E-state index in [1.807, 2.05) is 5.18 Å². The largest absolute Gasteiger partial charge is 0.338 e. The van der Waals surface area contributed by atoms with Crippen molar-refractivity contribution in [3.63, 3.8) is 0 Å². The predicted octanol–water partition coefficient (Wildman–Crippen LogP) is 1.27. The molecule has 0 bridgehead atoms. The molecule has 0 N–H and O–H groups in total. The van der Waals surface area contributed by atoms with Gasteiger partial charge in [-0.05, 0) is 0 Å². The summed E-state index contributed by atoms with van der Waals surface area (Å²) in [5.74, 6) is -3.47. The van der Waals surface area contributed by atoms with Crippen LogP contribution in [0.3, 0.4) is 0 Å². The SMILES string of the molecule is O=NC(=O)c1ncc(F)cc1F. The van der Waals surface area contributed by atoms with Crippen molar-refractivity contribution in [2.75, 3.05) is 0 Å². The Bertz CT molecular complexity index is 340. The fourth-order valence-electron chi connectivity index (χ4n) is 0.615. The second kappa shape index (κ2) is 3.12. The summed E-state index contributed by atoms with van der Waals surface area (Å²) in [6, 6.07) is 0.450. The van der Waals surface area contributed by atoms with Gasteiger partial charge in [0.2, 0.25) is 0 Å². The van der Waals surface area contributed by atoms with Gasteiger partial charge in [-0.2, -0.15) is 0 Å². The quantitative estimate of drug-likeness (QED) is 0.599. The van der Waals surface area contributed by atoms with Gasteiger partial charge in [-0.3, -0.25) is 4.79 Å². The molecule has 0 aliphatic rings. The first-order valence-electron chi connectivity index (χ1n) is 2.84. The third-order valence-corrected chi connectivity index (χ3v) is 1.09. The first-order valence-corrected chi connectivity index (χ1v) is 2.84. The molecule has 0 aliphatic carbocycles. The minimum atomic E-state index is -1.35. The lowest BCUT2D eigenvalue weighted by Crippen LogP contribution is -2.02. The molecule has 1 heterocycles.